The quantitative estimate of drug-likeness (QED) is 0.713. The van der Waals surface area contributed by atoms with Crippen LogP contribution in [0.3, 0.4) is 0 Å². The number of allylic oxidation sites excluding steroid dienone is 1. The second-order valence-electron chi connectivity index (χ2n) is 7.50. The summed E-state index contributed by atoms with van der Waals surface area (Å²) in [6.45, 7) is 6.74. The molecule has 1 aromatic heterocycles. The minimum absolute atomic E-state index is 0.0448. The van der Waals surface area contributed by atoms with E-state index in [9.17, 15) is 13.2 Å². The van der Waals surface area contributed by atoms with Crippen LogP contribution < -0.4 is 10.0 Å². The number of hydrogen-bond acceptors (Lipinski definition) is 4. The number of hydrogen-bond donors (Lipinski definition) is 2. The molecule has 0 aromatic carbocycles. The Morgan fingerprint density at radius 1 is 1.35 bits per heavy atom. The molecule has 3 unspecified atom stereocenters. The standard InChI is InChI=1S/C19H29N3O3S/c1-13(2)17-10-15(11-19(23)22-18-7-5-6-8-20-18)14(3)9-16(17)12-21-26(4,24)25/h5-9,13,15-17,21H,10-12H2,1-4H3,(H,20,22,23). The molecular formula is C19H29N3O3S. The molecule has 0 aliphatic heterocycles. The number of sulfonamides is 1. The summed E-state index contributed by atoms with van der Waals surface area (Å²) < 4.78 is 25.5. The molecular weight excluding hydrogens is 350 g/mol. The molecule has 1 heterocycles. The number of anilines is 1. The van der Waals surface area contributed by atoms with Gasteiger partial charge in [0.1, 0.15) is 5.82 Å². The van der Waals surface area contributed by atoms with Crippen molar-refractivity contribution in [3.63, 3.8) is 0 Å². The van der Waals surface area contributed by atoms with Crippen LogP contribution in [0.5, 0.6) is 0 Å². The number of rotatable bonds is 7. The van der Waals surface area contributed by atoms with Gasteiger partial charge in [0, 0.05) is 19.2 Å². The SMILES string of the molecule is CC1=CC(CNS(C)(=O)=O)C(C(C)C)CC1CC(=O)Nc1ccccn1. The van der Waals surface area contributed by atoms with E-state index in [1.54, 1.807) is 12.3 Å². The van der Waals surface area contributed by atoms with Crippen molar-refractivity contribution in [3.8, 4) is 0 Å². The van der Waals surface area contributed by atoms with Crippen LogP contribution in [0.15, 0.2) is 36.0 Å². The number of amides is 1. The Bertz CT molecular complexity index is 745. The summed E-state index contributed by atoms with van der Waals surface area (Å²) in [5.74, 6) is 1.58. The summed E-state index contributed by atoms with van der Waals surface area (Å²) in [5.41, 5.74) is 1.15. The van der Waals surface area contributed by atoms with E-state index in [1.165, 1.54) is 6.26 Å². The molecule has 0 saturated heterocycles. The highest BCUT2D eigenvalue weighted by molar-refractivity contribution is 7.88. The topological polar surface area (TPSA) is 88.2 Å². The fraction of sp³-hybridized carbons (Fsp3) is 0.579. The van der Waals surface area contributed by atoms with Gasteiger partial charge < -0.3 is 5.32 Å². The van der Waals surface area contributed by atoms with Crippen molar-refractivity contribution in [2.75, 3.05) is 18.1 Å². The number of carbonyl (C=O) groups is 1. The third-order valence-electron chi connectivity index (χ3n) is 5.03. The first kappa shape index (κ1) is 20.6. The second-order valence-corrected chi connectivity index (χ2v) is 9.34. The number of nitrogens with zero attached hydrogens (tertiary/aromatic N) is 1. The van der Waals surface area contributed by atoms with Crippen LogP contribution in [0.4, 0.5) is 5.82 Å². The Hall–Kier alpha value is -1.73. The van der Waals surface area contributed by atoms with E-state index in [0.29, 0.717) is 30.6 Å². The Balaban J connectivity index is 2.04. The zero-order valence-corrected chi connectivity index (χ0v) is 16.7. The van der Waals surface area contributed by atoms with E-state index in [0.717, 1.165) is 12.0 Å². The molecule has 6 nitrogen and oxygen atoms in total. The average molecular weight is 380 g/mol. The first-order valence-corrected chi connectivity index (χ1v) is 10.9. The Kier molecular flexibility index (Phi) is 6.94. The van der Waals surface area contributed by atoms with Gasteiger partial charge in [0.2, 0.25) is 15.9 Å². The predicted molar refractivity (Wildman–Crippen MR) is 104 cm³/mol. The van der Waals surface area contributed by atoms with Crippen molar-refractivity contribution in [3.05, 3.63) is 36.0 Å². The normalized spacial score (nSPS) is 23.6. The van der Waals surface area contributed by atoms with Gasteiger partial charge in [-0.2, -0.15) is 0 Å². The Morgan fingerprint density at radius 3 is 2.65 bits per heavy atom. The first-order chi connectivity index (χ1) is 12.2. The van der Waals surface area contributed by atoms with Crippen LogP contribution >= 0.6 is 0 Å². The van der Waals surface area contributed by atoms with Gasteiger partial charge in [-0.05, 0) is 49.1 Å². The third-order valence-corrected chi connectivity index (χ3v) is 5.72. The first-order valence-electron chi connectivity index (χ1n) is 8.99. The number of pyridine rings is 1. The van der Waals surface area contributed by atoms with Gasteiger partial charge in [-0.25, -0.2) is 18.1 Å². The van der Waals surface area contributed by atoms with Crippen molar-refractivity contribution in [2.45, 2.75) is 33.6 Å². The monoisotopic (exact) mass is 379 g/mol. The van der Waals surface area contributed by atoms with Crippen LogP contribution in [0, 0.1) is 23.7 Å². The molecule has 0 saturated carbocycles. The lowest BCUT2D eigenvalue weighted by atomic mass is 9.70. The lowest BCUT2D eigenvalue weighted by molar-refractivity contribution is -0.117. The number of aromatic nitrogens is 1. The molecule has 26 heavy (non-hydrogen) atoms. The molecule has 0 radical (unpaired) electrons. The molecule has 2 N–H and O–H groups in total. The fourth-order valence-electron chi connectivity index (χ4n) is 3.61. The number of carbonyl (C=O) groups excluding carboxylic acids is 1. The minimum Gasteiger partial charge on any atom is -0.311 e. The summed E-state index contributed by atoms with van der Waals surface area (Å²) in [6, 6.07) is 5.41. The molecule has 0 fully saturated rings. The predicted octanol–water partition coefficient (Wildman–Crippen LogP) is 2.81. The van der Waals surface area contributed by atoms with E-state index in [1.807, 2.05) is 19.1 Å². The smallest absolute Gasteiger partial charge is 0.226 e. The molecule has 144 valence electrons. The highest BCUT2D eigenvalue weighted by atomic mass is 32.2. The summed E-state index contributed by atoms with van der Waals surface area (Å²) in [7, 11) is -3.21. The maximum Gasteiger partial charge on any atom is 0.226 e. The molecule has 1 amide bonds. The zero-order chi connectivity index (χ0) is 19.3. The largest absolute Gasteiger partial charge is 0.311 e. The average Bonchev–Trinajstić information content (AvgIpc) is 2.54. The van der Waals surface area contributed by atoms with Gasteiger partial charge in [-0.3, -0.25) is 4.79 Å². The highest BCUT2D eigenvalue weighted by Crippen LogP contribution is 2.38. The van der Waals surface area contributed by atoms with Crippen molar-refractivity contribution in [1.82, 2.24) is 9.71 Å². The van der Waals surface area contributed by atoms with E-state index in [2.05, 4.69) is 34.9 Å². The second kappa shape index (κ2) is 8.77. The van der Waals surface area contributed by atoms with Gasteiger partial charge >= 0.3 is 0 Å². The summed E-state index contributed by atoms with van der Waals surface area (Å²) in [5, 5.41) is 2.84. The Morgan fingerprint density at radius 2 is 2.08 bits per heavy atom. The molecule has 1 aliphatic carbocycles. The van der Waals surface area contributed by atoms with Crippen LogP contribution in [0.1, 0.15) is 33.6 Å². The van der Waals surface area contributed by atoms with Gasteiger partial charge in [0.25, 0.3) is 0 Å². The van der Waals surface area contributed by atoms with Gasteiger partial charge in [-0.15, -0.1) is 0 Å². The van der Waals surface area contributed by atoms with Gasteiger partial charge in [-0.1, -0.05) is 31.6 Å². The summed E-state index contributed by atoms with van der Waals surface area (Å²) in [4.78, 5) is 16.5. The molecule has 1 aromatic rings. The lowest BCUT2D eigenvalue weighted by Crippen LogP contribution is -2.37. The van der Waals surface area contributed by atoms with Crippen LogP contribution in [0.2, 0.25) is 0 Å². The third kappa shape index (κ3) is 6.21. The van der Waals surface area contributed by atoms with Gasteiger partial charge in [0.05, 0.1) is 6.26 Å². The van der Waals surface area contributed by atoms with Crippen molar-refractivity contribution in [1.29, 1.82) is 0 Å². The maximum absolute atomic E-state index is 12.4. The minimum atomic E-state index is -3.21. The molecule has 0 bridgehead atoms. The fourth-order valence-corrected chi connectivity index (χ4v) is 4.10. The van der Waals surface area contributed by atoms with Crippen molar-refractivity contribution in [2.24, 2.45) is 23.7 Å². The summed E-state index contributed by atoms with van der Waals surface area (Å²) in [6.07, 6.45) is 6.27. The van der Waals surface area contributed by atoms with Crippen molar-refractivity contribution < 1.29 is 13.2 Å². The van der Waals surface area contributed by atoms with Crippen LogP contribution in [-0.4, -0.2) is 32.1 Å². The maximum atomic E-state index is 12.4. The zero-order valence-electron chi connectivity index (χ0n) is 15.9. The van der Waals surface area contributed by atoms with E-state index in [4.69, 9.17) is 0 Å². The van der Waals surface area contributed by atoms with Gasteiger partial charge in [0.15, 0.2) is 0 Å². The molecule has 2 rings (SSSR count). The van der Waals surface area contributed by atoms with E-state index < -0.39 is 10.0 Å². The van der Waals surface area contributed by atoms with Crippen LogP contribution in [0.25, 0.3) is 0 Å². The van der Waals surface area contributed by atoms with Crippen LogP contribution in [-0.2, 0) is 14.8 Å². The highest BCUT2D eigenvalue weighted by Gasteiger charge is 2.32. The van der Waals surface area contributed by atoms with E-state index in [-0.39, 0.29) is 17.7 Å². The molecule has 3 atom stereocenters. The molecule has 0 spiro atoms. The van der Waals surface area contributed by atoms with Crippen molar-refractivity contribution >= 4 is 21.7 Å². The summed E-state index contributed by atoms with van der Waals surface area (Å²) >= 11 is 0. The number of nitrogens with one attached hydrogen (secondary N) is 2. The van der Waals surface area contributed by atoms with E-state index >= 15 is 0 Å². The molecule has 7 heteroatoms. The Labute approximate surface area is 156 Å². The lowest BCUT2D eigenvalue weighted by Gasteiger charge is -2.37. The molecule has 1 aliphatic rings.